The fraction of sp³-hybridized carbons (Fsp3) is 0.545. The van der Waals surface area contributed by atoms with E-state index in [9.17, 15) is 8.42 Å². The number of ether oxygens (including phenoxy) is 1. The summed E-state index contributed by atoms with van der Waals surface area (Å²) in [5, 5.41) is 0. The number of sulfonamides is 1. The van der Waals surface area contributed by atoms with Crippen molar-refractivity contribution >= 4 is 10.0 Å². The summed E-state index contributed by atoms with van der Waals surface area (Å²) < 4.78 is 33.7. The number of aromatic nitrogens is 2. The molecule has 0 saturated carbocycles. The van der Waals surface area contributed by atoms with E-state index in [0.717, 1.165) is 29.7 Å². The van der Waals surface area contributed by atoms with Gasteiger partial charge >= 0.3 is 0 Å². The third kappa shape index (κ3) is 5.02. The van der Waals surface area contributed by atoms with Crippen LogP contribution in [0.4, 0.5) is 0 Å². The maximum Gasteiger partial charge on any atom is 0.243 e. The zero-order valence-electron chi connectivity index (χ0n) is 17.8. The second-order valence-electron chi connectivity index (χ2n) is 7.89. The Morgan fingerprint density at radius 2 is 1.97 bits per heavy atom. The van der Waals surface area contributed by atoms with E-state index in [1.165, 1.54) is 0 Å². The van der Waals surface area contributed by atoms with Crippen molar-refractivity contribution in [1.29, 1.82) is 0 Å². The van der Waals surface area contributed by atoms with Gasteiger partial charge in [-0.15, -0.1) is 0 Å². The van der Waals surface area contributed by atoms with E-state index in [4.69, 9.17) is 4.74 Å². The van der Waals surface area contributed by atoms with E-state index >= 15 is 0 Å². The van der Waals surface area contributed by atoms with E-state index in [2.05, 4.69) is 23.8 Å². The number of rotatable bonds is 7. The molecule has 1 fully saturated rings. The van der Waals surface area contributed by atoms with Gasteiger partial charge in [0.25, 0.3) is 0 Å². The lowest BCUT2D eigenvalue weighted by Crippen LogP contribution is -2.39. The first-order chi connectivity index (χ1) is 13.8. The summed E-state index contributed by atoms with van der Waals surface area (Å²) in [5.74, 6) is 1.12. The van der Waals surface area contributed by atoms with E-state index < -0.39 is 10.0 Å². The highest BCUT2D eigenvalue weighted by Crippen LogP contribution is 2.31. The molecule has 2 heterocycles. The smallest absolute Gasteiger partial charge is 0.243 e. The predicted molar refractivity (Wildman–Crippen MR) is 113 cm³/mol. The number of hydrogen-bond acceptors (Lipinski definition) is 5. The highest BCUT2D eigenvalue weighted by atomic mass is 32.2. The van der Waals surface area contributed by atoms with Crippen LogP contribution in [-0.4, -0.2) is 42.4 Å². The molecule has 1 atom stereocenters. The largest absolute Gasteiger partial charge is 0.377 e. The maximum atomic E-state index is 13.2. The quantitative estimate of drug-likeness (QED) is 0.680. The van der Waals surface area contributed by atoms with Gasteiger partial charge < -0.3 is 4.74 Å². The Morgan fingerprint density at radius 3 is 2.62 bits per heavy atom. The molecule has 6 nitrogen and oxygen atoms in total. The highest BCUT2D eigenvalue weighted by molar-refractivity contribution is 7.89. The molecule has 0 N–H and O–H groups in total. The Kier molecular flexibility index (Phi) is 7.03. The van der Waals surface area contributed by atoms with E-state index in [0.29, 0.717) is 42.9 Å². The third-order valence-corrected chi connectivity index (χ3v) is 7.31. The summed E-state index contributed by atoms with van der Waals surface area (Å²) in [6.45, 7) is 10.1. The second-order valence-corrected chi connectivity index (χ2v) is 9.83. The molecule has 2 aromatic rings. The van der Waals surface area contributed by atoms with Gasteiger partial charge in [0.2, 0.25) is 10.0 Å². The van der Waals surface area contributed by atoms with Gasteiger partial charge in [-0.2, -0.15) is 4.31 Å². The van der Waals surface area contributed by atoms with Crippen LogP contribution in [0.1, 0.15) is 68.1 Å². The Morgan fingerprint density at radius 1 is 1.24 bits per heavy atom. The summed E-state index contributed by atoms with van der Waals surface area (Å²) in [7, 11) is -3.53. The standard InChI is InChI=1S/C22H31N3O3S/c1-5-28-15-20-13-23-17(4)24-22(20)19-7-6-12-25(14-19)29(26,27)21-10-8-18(9-11-21)16(2)3/h8-11,13,16,19H,5-7,12,14-15H2,1-4H3. The fourth-order valence-corrected chi connectivity index (χ4v) is 5.27. The number of hydrogen-bond donors (Lipinski definition) is 0. The Hall–Kier alpha value is -1.83. The van der Waals surface area contributed by atoms with Crippen LogP contribution in [0.3, 0.4) is 0 Å². The lowest BCUT2D eigenvalue weighted by atomic mass is 9.93. The van der Waals surface area contributed by atoms with Crippen molar-refractivity contribution in [1.82, 2.24) is 14.3 Å². The van der Waals surface area contributed by atoms with Crippen molar-refractivity contribution in [2.24, 2.45) is 0 Å². The van der Waals surface area contributed by atoms with Crippen LogP contribution in [0.2, 0.25) is 0 Å². The molecule has 0 amide bonds. The second kappa shape index (κ2) is 9.32. The first kappa shape index (κ1) is 21.9. The van der Waals surface area contributed by atoms with Crippen LogP contribution in [0.15, 0.2) is 35.4 Å². The van der Waals surface area contributed by atoms with E-state index in [1.54, 1.807) is 16.4 Å². The molecule has 1 aliphatic heterocycles. The Labute approximate surface area is 174 Å². The summed E-state index contributed by atoms with van der Waals surface area (Å²) in [6.07, 6.45) is 3.53. The average Bonchev–Trinajstić information content (AvgIpc) is 2.73. The van der Waals surface area contributed by atoms with Gasteiger partial charge in [-0.1, -0.05) is 26.0 Å². The minimum Gasteiger partial charge on any atom is -0.377 e. The molecule has 0 radical (unpaired) electrons. The van der Waals surface area contributed by atoms with Crippen LogP contribution in [0.5, 0.6) is 0 Å². The van der Waals surface area contributed by atoms with Crippen molar-refractivity contribution in [3.63, 3.8) is 0 Å². The molecule has 1 unspecified atom stereocenters. The van der Waals surface area contributed by atoms with Crippen molar-refractivity contribution < 1.29 is 13.2 Å². The number of aryl methyl sites for hydroxylation is 1. The predicted octanol–water partition coefficient (Wildman–Crippen LogP) is 4.01. The van der Waals surface area contributed by atoms with Gasteiger partial charge in [0, 0.05) is 37.4 Å². The van der Waals surface area contributed by atoms with Crippen molar-refractivity contribution in [3.8, 4) is 0 Å². The number of nitrogens with zero attached hydrogens (tertiary/aromatic N) is 3. The van der Waals surface area contributed by atoms with Gasteiger partial charge in [-0.25, -0.2) is 18.4 Å². The van der Waals surface area contributed by atoms with Crippen molar-refractivity contribution in [2.45, 2.75) is 63.9 Å². The maximum absolute atomic E-state index is 13.2. The molecule has 1 aliphatic rings. The average molecular weight is 418 g/mol. The van der Waals surface area contributed by atoms with Crippen molar-refractivity contribution in [2.75, 3.05) is 19.7 Å². The lowest BCUT2D eigenvalue weighted by molar-refractivity contribution is 0.132. The third-order valence-electron chi connectivity index (χ3n) is 5.44. The van der Waals surface area contributed by atoms with Crippen LogP contribution in [0.25, 0.3) is 0 Å². The summed E-state index contributed by atoms with van der Waals surface area (Å²) >= 11 is 0. The number of benzene rings is 1. The van der Waals surface area contributed by atoms with Crippen LogP contribution in [0, 0.1) is 6.92 Å². The summed E-state index contributed by atoms with van der Waals surface area (Å²) in [6, 6.07) is 7.27. The van der Waals surface area contributed by atoms with Crippen LogP contribution >= 0.6 is 0 Å². The van der Waals surface area contributed by atoms with Crippen LogP contribution < -0.4 is 0 Å². The molecule has 1 aromatic heterocycles. The summed E-state index contributed by atoms with van der Waals surface area (Å²) in [4.78, 5) is 9.32. The molecular formula is C22H31N3O3S. The minimum atomic E-state index is -3.53. The first-order valence-electron chi connectivity index (χ1n) is 10.3. The van der Waals surface area contributed by atoms with Gasteiger partial charge in [0.15, 0.2) is 0 Å². The minimum absolute atomic E-state index is 0.0469. The van der Waals surface area contributed by atoms with E-state index in [-0.39, 0.29) is 5.92 Å². The van der Waals surface area contributed by atoms with Crippen molar-refractivity contribution in [3.05, 3.63) is 53.1 Å². The zero-order chi connectivity index (χ0) is 21.0. The molecule has 3 rings (SSSR count). The molecule has 0 aliphatic carbocycles. The monoisotopic (exact) mass is 417 g/mol. The lowest BCUT2D eigenvalue weighted by Gasteiger charge is -2.32. The first-order valence-corrected chi connectivity index (χ1v) is 11.8. The van der Waals surface area contributed by atoms with Crippen LogP contribution in [-0.2, 0) is 21.4 Å². The van der Waals surface area contributed by atoms with Gasteiger partial charge in [0.1, 0.15) is 5.82 Å². The number of piperidine rings is 1. The molecule has 0 spiro atoms. The Bertz CT molecular complexity index is 927. The van der Waals surface area contributed by atoms with Gasteiger partial charge in [0.05, 0.1) is 17.2 Å². The molecular weight excluding hydrogens is 386 g/mol. The molecule has 29 heavy (non-hydrogen) atoms. The molecule has 1 aromatic carbocycles. The van der Waals surface area contributed by atoms with E-state index in [1.807, 2.05) is 32.2 Å². The highest BCUT2D eigenvalue weighted by Gasteiger charge is 2.32. The fourth-order valence-electron chi connectivity index (χ4n) is 3.75. The molecule has 0 bridgehead atoms. The Balaban J connectivity index is 1.84. The molecule has 1 saturated heterocycles. The zero-order valence-corrected chi connectivity index (χ0v) is 18.6. The topological polar surface area (TPSA) is 72.4 Å². The summed E-state index contributed by atoms with van der Waals surface area (Å²) in [5.41, 5.74) is 3.00. The SMILES string of the molecule is CCOCc1cnc(C)nc1C1CCCN(S(=O)(=O)c2ccc(C(C)C)cc2)C1. The molecule has 7 heteroatoms. The molecule has 158 valence electrons. The van der Waals surface area contributed by atoms with Gasteiger partial charge in [-0.3, -0.25) is 0 Å². The normalized spacial score (nSPS) is 18.3. The van der Waals surface area contributed by atoms with Gasteiger partial charge in [-0.05, 0) is 50.3 Å².